The van der Waals surface area contributed by atoms with E-state index in [2.05, 4.69) is 18.2 Å². The number of hydrogen-bond donors (Lipinski definition) is 0. The van der Waals surface area contributed by atoms with Gasteiger partial charge in [-0.25, -0.2) is 15.0 Å². The molecule has 0 amide bonds. The molecule has 2 aromatic heterocycles. The van der Waals surface area contributed by atoms with Crippen LogP contribution in [-0.4, -0.2) is 15.0 Å². The van der Waals surface area contributed by atoms with Gasteiger partial charge < -0.3 is 0 Å². The van der Waals surface area contributed by atoms with E-state index in [0.717, 1.165) is 31.3 Å². The molecule has 0 aliphatic rings. The predicted octanol–water partition coefficient (Wildman–Crippen LogP) is 14.0. The molecule has 0 aliphatic heterocycles. The summed E-state index contributed by atoms with van der Waals surface area (Å²) in [6.45, 7) is 0. The molecule has 11 rings (SSSR count). The van der Waals surface area contributed by atoms with Gasteiger partial charge in [-0.05, 0) is 78.8 Å². The van der Waals surface area contributed by atoms with Gasteiger partial charge in [0.2, 0.25) is 0 Å². The van der Waals surface area contributed by atoms with Gasteiger partial charge in [0.1, 0.15) is 0 Å². The summed E-state index contributed by atoms with van der Waals surface area (Å²) in [5.74, 6) is 0.0599. The molecular weight excluding hydrogens is 687 g/mol. The molecule has 0 fully saturated rings. The van der Waals surface area contributed by atoms with Crippen LogP contribution in [0.2, 0.25) is 0 Å². The summed E-state index contributed by atoms with van der Waals surface area (Å²) in [7, 11) is 0. The molecule has 4 heteroatoms. The second-order valence-electron chi connectivity index (χ2n) is 12.8. The van der Waals surface area contributed by atoms with Crippen molar-refractivity contribution in [2.75, 3.05) is 0 Å². The Hall–Kier alpha value is -7.01. The SMILES string of the molecule is [2H]c1c([2H])c(-c2nc(-c3ccccc3)nc(-c3cccc(-c4cccc5c4sc4ccccc45)c3)n2)c([2H])c(-c2c([2H])c([2H])c3c4c([2H])c([2H])c([2H])c([2H])c4c4c([2H])c([2H])c([2H])c([2H])c4c3c2[2H])c1[2H]. The fraction of sp³-hybridized carbons (Fsp3) is 0. The second-order valence-corrected chi connectivity index (χ2v) is 13.8. The van der Waals surface area contributed by atoms with Crippen molar-refractivity contribution in [3.8, 4) is 56.4 Å². The van der Waals surface area contributed by atoms with Crippen LogP contribution in [0, 0.1) is 0 Å². The summed E-state index contributed by atoms with van der Waals surface area (Å²) in [6, 6.07) is 20.3. The molecule has 0 radical (unpaired) electrons. The molecule has 0 atom stereocenters. The maximum absolute atomic E-state index is 9.78. The standard InChI is InChI=1S/C51H31N3S/c1-2-13-32(14-3-1)49-52-50(54-51(53-49)37-18-11-16-35(30-37)38-24-12-25-45-44-23-8-9-26-47(44)55-48(38)45)36-17-10-15-33(29-36)34-27-28-43-41-21-5-4-19-39(41)40-20-6-7-22-42(40)46(43)31-34/h1-31H/i4D,5D,6D,7D,10D,15D,17D,19D,20D,21D,22D,27D,28D,29D,31D. The molecule has 11 aromatic rings. The molecule has 0 N–H and O–H groups in total. The number of rotatable bonds is 5. The Morgan fingerprint density at radius 1 is 0.364 bits per heavy atom. The second kappa shape index (κ2) is 12.8. The molecular formula is C51H31N3S. The third-order valence-electron chi connectivity index (χ3n) is 9.54. The highest BCUT2D eigenvalue weighted by Crippen LogP contribution is 2.41. The summed E-state index contributed by atoms with van der Waals surface area (Å²) in [5, 5.41) is 0.0689. The highest BCUT2D eigenvalue weighted by atomic mass is 32.1. The minimum absolute atomic E-state index is 0.148. The van der Waals surface area contributed by atoms with E-state index < -0.39 is 107 Å². The quantitative estimate of drug-likeness (QED) is 0.165. The normalized spacial score (nSPS) is 15.5. The Bertz CT molecular complexity index is 4100. The Kier molecular flexibility index (Phi) is 4.64. The molecule has 0 unspecified atom stereocenters. The van der Waals surface area contributed by atoms with E-state index in [1.807, 2.05) is 54.6 Å². The van der Waals surface area contributed by atoms with Gasteiger partial charge in [0.05, 0.1) is 20.6 Å². The molecule has 2 heterocycles. The first-order valence-corrected chi connectivity index (χ1v) is 18.1. The smallest absolute Gasteiger partial charge is 0.164 e. The average Bonchev–Trinajstić information content (AvgIpc) is 3.76. The lowest BCUT2D eigenvalue weighted by molar-refractivity contribution is 1.07. The van der Waals surface area contributed by atoms with Crippen LogP contribution in [0.15, 0.2) is 188 Å². The monoisotopic (exact) mass is 732 g/mol. The lowest BCUT2D eigenvalue weighted by atomic mass is 9.92. The van der Waals surface area contributed by atoms with Crippen LogP contribution >= 0.6 is 11.3 Å². The highest BCUT2D eigenvalue weighted by Gasteiger charge is 2.16. The van der Waals surface area contributed by atoms with Crippen molar-refractivity contribution >= 4 is 63.8 Å². The van der Waals surface area contributed by atoms with Gasteiger partial charge >= 0.3 is 0 Å². The van der Waals surface area contributed by atoms with Crippen LogP contribution in [0.4, 0.5) is 0 Å². The maximum atomic E-state index is 9.78. The van der Waals surface area contributed by atoms with E-state index in [1.165, 1.54) is 0 Å². The summed E-state index contributed by atoms with van der Waals surface area (Å²) in [6.07, 6.45) is 0. The number of nitrogens with zero attached hydrogens (tertiary/aromatic N) is 3. The van der Waals surface area contributed by atoms with Crippen molar-refractivity contribution in [1.29, 1.82) is 0 Å². The van der Waals surface area contributed by atoms with Crippen LogP contribution in [0.1, 0.15) is 20.6 Å². The summed E-state index contributed by atoms with van der Waals surface area (Å²) < 4.78 is 138. The Balaban J connectivity index is 1.19. The predicted molar refractivity (Wildman–Crippen MR) is 232 cm³/mol. The fourth-order valence-electron chi connectivity index (χ4n) is 7.00. The maximum Gasteiger partial charge on any atom is 0.164 e. The molecule has 55 heavy (non-hydrogen) atoms. The van der Waals surface area contributed by atoms with E-state index in [0.29, 0.717) is 11.1 Å². The van der Waals surface area contributed by atoms with E-state index >= 15 is 0 Å². The lowest BCUT2D eigenvalue weighted by Gasteiger charge is -2.13. The van der Waals surface area contributed by atoms with Crippen LogP contribution in [0.5, 0.6) is 0 Å². The van der Waals surface area contributed by atoms with Crippen LogP contribution in [-0.2, 0) is 0 Å². The Morgan fingerprint density at radius 3 is 1.71 bits per heavy atom. The largest absolute Gasteiger partial charge is 0.208 e. The zero-order chi connectivity index (χ0) is 49.3. The van der Waals surface area contributed by atoms with E-state index in [9.17, 15) is 8.22 Å². The van der Waals surface area contributed by atoms with Gasteiger partial charge in [0.15, 0.2) is 17.5 Å². The van der Waals surface area contributed by atoms with E-state index in [1.54, 1.807) is 35.6 Å². The third-order valence-corrected chi connectivity index (χ3v) is 10.8. The van der Waals surface area contributed by atoms with Crippen molar-refractivity contribution in [1.82, 2.24) is 15.0 Å². The van der Waals surface area contributed by atoms with E-state index in [-0.39, 0.29) is 50.0 Å². The van der Waals surface area contributed by atoms with E-state index in [4.69, 9.17) is 27.3 Å². The number of aromatic nitrogens is 3. The van der Waals surface area contributed by atoms with Gasteiger partial charge in [-0.2, -0.15) is 0 Å². The first kappa shape index (κ1) is 19.9. The van der Waals surface area contributed by atoms with Gasteiger partial charge in [0.25, 0.3) is 0 Å². The van der Waals surface area contributed by atoms with Crippen molar-refractivity contribution in [3.05, 3.63) is 188 Å². The lowest BCUT2D eigenvalue weighted by Crippen LogP contribution is -2.00. The molecule has 0 saturated carbocycles. The van der Waals surface area contributed by atoms with Crippen LogP contribution in [0.3, 0.4) is 0 Å². The molecule has 0 saturated heterocycles. The molecule has 3 nitrogen and oxygen atoms in total. The summed E-state index contributed by atoms with van der Waals surface area (Å²) in [5.41, 5.74) is 1.50. The molecule has 256 valence electrons. The van der Waals surface area contributed by atoms with Crippen molar-refractivity contribution in [2.24, 2.45) is 0 Å². The fourth-order valence-corrected chi connectivity index (χ4v) is 8.23. The third kappa shape index (κ3) is 5.38. The highest BCUT2D eigenvalue weighted by molar-refractivity contribution is 7.26. The van der Waals surface area contributed by atoms with Gasteiger partial charge in [-0.3, -0.25) is 0 Å². The number of thiophene rings is 1. The topological polar surface area (TPSA) is 38.7 Å². The number of benzene rings is 9. The first-order valence-electron chi connectivity index (χ1n) is 24.8. The van der Waals surface area contributed by atoms with Gasteiger partial charge in [0, 0.05) is 36.9 Å². The van der Waals surface area contributed by atoms with Crippen LogP contribution < -0.4 is 0 Å². The Labute approximate surface area is 342 Å². The van der Waals surface area contributed by atoms with Crippen LogP contribution in [0.25, 0.3) is 109 Å². The first-order chi connectivity index (χ1) is 33.5. The zero-order valence-corrected chi connectivity index (χ0v) is 29.3. The zero-order valence-electron chi connectivity index (χ0n) is 43.5. The minimum Gasteiger partial charge on any atom is -0.208 e. The number of hydrogen-bond acceptors (Lipinski definition) is 4. The van der Waals surface area contributed by atoms with Crippen molar-refractivity contribution in [3.63, 3.8) is 0 Å². The molecule has 0 spiro atoms. The number of fused-ring (bicyclic) bond motifs is 9. The van der Waals surface area contributed by atoms with Gasteiger partial charge in [-0.15, -0.1) is 11.3 Å². The summed E-state index contributed by atoms with van der Waals surface area (Å²) >= 11 is 1.68. The average molecular weight is 733 g/mol. The van der Waals surface area contributed by atoms with Gasteiger partial charge in [-0.1, -0.05) is 163 Å². The summed E-state index contributed by atoms with van der Waals surface area (Å²) in [4.78, 5) is 14.4. The molecule has 9 aromatic carbocycles. The van der Waals surface area contributed by atoms with Crippen molar-refractivity contribution in [2.45, 2.75) is 0 Å². The minimum atomic E-state index is -0.775. The molecule has 0 bridgehead atoms. The Morgan fingerprint density at radius 2 is 0.927 bits per heavy atom. The molecule has 0 aliphatic carbocycles. The van der Waals surface area contributed by atoms with Crippen molar-refractivity contribution < 1.29 is 20.6 Å².